The first-order valence-electron chi connectivity index (χ1n) is 6.21. The minimum Gasteiger partial charge on any atom is -0.496 e. The van der Waals surface area contributed by atoms with Gasteiger partial charge in [-0.15, -0.1) is 0 Å². The number of aliphatic hydroxyl groups excluding tert-OH is 1. The summed E-state index contributed by atoms with van der Waals surface area (Å²) < 4.78 is 5.18. The fraction of sp³-hybridized carbons (Fsp3) is 0.200. The summed E-state index contributed by atoms with van der Waals surface area (Å²) in [4.78, 5) is 15.7. The van der Waals surface area contributed by atoms with Crippen molar-refractivity contribution >= 4 is 5.91 Å². The first-order valence-corrected chi connectivity index (χ1v) is 6.21. The van der Waals surface area contributed by atoms with E-state index in [1.165, 1.54) is 6.20 Å². The van der Waals surface area contributed by atoms with Gasteiger partial charge in [0.05, 0.1) is 18.8 Å². The Hall–Kier alpha value is -2.40. The van der Waals surface area contributed by atoms with E-state index in [1.807, 2.05) is 12.1 Å². The second-order valence-electron chi connectivity index (χ2n) is 4.21. The smallest absolute Gasteiger partial charge is 0.252 e. The van der Waals surface area contributed by atoms with Crippen molar-refractivity contribution in [2.24, 2.45) is 0 Å². The molecule has 1 unspecified atom stereocenters. The zero-order valence-electron chi connectivity index (χ0n) is 11.1. The molecule has 0 fully saturated rings. The molecule has 0 radical (unpaired) electrons. The minimum atomic E-state index is -0.827. The van der Waals surface area contributed by atoms with Crippen molar-refractivity contribution < 1.29 is 14.6 Å². The van der Waals surface area contributed by atoms with E-state index in [-0.39, 0.29) is 12.5 Å². The molecule has 1 aromatic heterocycles. The van der Waals surface area contributed by atoms with Gasteiger partial charge >= 0.3 is 0 Å². The van der Waals surface area contributed by atoms with Crippen LogP contribution in [0.3, 0.4) is 0 Å². The van der Waals surface area contributed by atoms with Crippen molar-refractivity contribution in [3.63, 3.8) is 0 Å². The molecular weight excluding hydrogens is 256 g/mol. The van der Waals surface area contributed by atoms with Gasteiger partial charge < -0.3 is 15.2 Å². The highest BCUT2D eigenvalue weighted by Crippen LogP contribution is 2.24. The van der Waals surface area contributed by atoms with E-state index in [0.717, 1.165) is 0 Å². The van der Waals surface area contributed by atoms with Crippen LogP contribution in [0, 0.1) is 0 Å². The molecule has 0 saturated heterocycles. The lowest BCUT2D eigenvalue weighted by Crippen LogP contribution is -2.28. The maximum atomic E-state index is 11.8. The molecule has 1 aromatic carbocycles. The highest BCUT2D eigenvalue weighted by atomic mass is 16.5. The van der Waals surface area contributed by atoms with Crippen LogP contribution in [-0.2, 0) is 0 Å². The van der Waals surface area contributed by atoms with Gasteiger partial charge in [0, 0.05) is 24.5 Å². The summed E-state index contributed by atoms with van der Waals surface area (Å²) in [5.41, 5.74) is 1.10. The number of nitrogens with one attached hydrogen (secondary N) is 1. The Morgan fingerprint density at radius 2 is 2.15 bits per heavy atom. The molecule has 1 heterocycles. The van der Waals surface area contributed by atoms with E-state index >= 15 is 0 Å². The highest BCUT2D eigenvalue weighted by molar-refractivity contribution is 5.93. The normalized spacial score (nSPS) is 11.7. The van der Waals surface area contributed by atoms with Gasteiger partial charge in [-0.1, -0.05) is 18.2 Å². The zero-order chi connectivity index (χ0) is 14.4. The number of aliphatic hydroxyl groups is 1. The number of rotatable bonds is 5. The van der Waals surface area contributed by atoms with Crippen molar-refractivity contribution in [1.82, 2.24) is 10.3 Å². The fourth-order valence-electron chi connectivity index (χ4n) is 1.84. The largest absolute Gasteiger partial charge is 0.496 e. The molecular formula is C15H16N2O3. The molecule has 0 aliphatic carbocycles. The van der Waals surface area contributed by atoms with Gasteiger partial charge in [-0.25, -0.2) is 0 Å². The number of methoxy groups -OCH3 is 1. The molecule has 2 N–H and O–H groups in total. The topological polar surface area (TPSA) is 71.5 Å². The molecule has 0 saturated carbocycles. The second kappa shape index (κ2) is 6.68. The third kappa shape index (κ3) is 3.33. The van der Waals surface area contributed by atoms with Crippen LogP contribution >= 0.6 is 0 Å². The van der Waals surface area contributed by atoms with E-state index < -0.39 is 6.10 Å². The number of hydrogen-bond donors (Lipinski definition) is 2. The Bertz CT molecular complexity index is 572. The van der Waals surface area contributed by atoms with Crippen LogP contribution in [0.5, 0.6) is 5.75 Å². The summed E-state index contributed by atoms with van der Waals surface area (Å²) in [6.07, 6.45) is 2.25. The van der Waals surface area contributed by atoms with Gasteiger partial charge in [-0.3, -0.25) is 9.78 Å². The molecule has 0 aliphatic rings. The molecule has 1 amide bonds. The van der Waals surface area contributed by atoms with E-state index in [1.54, 1.807) is 37.6 Å². The van der Waals surface area contributed by atoms with Crippen LogP contribution in [0.4, 0.5) is 0 Å². The van der Waals surface area contributed by atoms with Crippen molar-refractivity contribution in [3.05, 3.63) is 59.9 Å². The van der Waals surface area contributed by atoms with Crippen LogP contribution in [0.2, 0.25) is 0 Å². The van der Waals surface area contributed by atoms with Crippen LogP contribution < -0.4 is 10.1 Å². The van der Waals surface area contributed by atoms with Crippen molar-refractivity contribution in [3.8, 4) is 5.75 Å². The minimum absolute atomic E-state index is 0.105. The molecule has 2 aromatic rings. The molecule has 2 rings (SSSR count). The molecule has 5 nitrogen and oxygen atoms in total. The standard InChI is InChI=1S/C15H16N2O3/c1-20-14-7-3-2-6-12(14)13(18)10-17-15(19)11-5-4-8-16-9-11/h2-9,13,18H,10H2,1H3,(H,17,19). The van der Waals surface area contributed by atoms with E-state index in [0.29, 0.717) is 16.9 Å². The van der Waals surface area contributed by atoms with Gasteiger partial charge in [-0.2, -0.15) is 0 Å². The van der Waals surface area contributed by atoms with Gasteiger partial charge in [0.25, 0.3) is 5.91 Å². The van der Waals surface area contributed by atoms with Crippen LogP contribution in [0.25, 0.3) is 0 Å². The molecule has 0 bridgehead atoms. The Morgan fingerprint density at radius 3 is 2.85 bits per heavy atom. The van der Waals surface area contributed by atoms with Crippen molar-refractivity contribution in [2.75, 3.05) is 13.7 Å². The predicted molar refractivity (Wildman–Crippen MR) is 74.5 cm³/mol. The quantitative estimate of drug-likeness (QED) is 0.866. The Labute approximate surface area is 117 Å². The summed E-state index contributed by atoms with van der Waals surface area (Å²) in [6, 6.07) is 10.5. The molecule has 5 heteroatoms. The summed E-state index contributed by atoms with van der Waals surface area (Å²) in [7, 11) is 1.54. The second-order valence-corrected chi connectivity index (χ2v) is 4.21. The monoisotopic (exact) mass is 272 g/mol. The summed E-state index contributed by atoms with van der Waals surface area (Å²) in [5, 5.41) is 12.8. The lowest BCUT2D eigenvalue weighted by Gasteiger charge is -2.15. The Morgan fingerprint density at radius 1 is 1.35 bits per heavy atom. The number of benzene rings is 1. The Kier molecular flexibility index (Phi) is 4.68. The van der Waals surface area contributed by atoms with Gasteiger partial charge in [0.1, 0.15) is 5.75 Å². The van der Waals surface area contributed by atoms with Crippen LogP contribution in [0.15, 0.2) is 48.8 Å². The number of carbonyl (C=O) groups excluding carboxylic acids is 1. The third-order valence-electron chi connectivity index (χ3n) is 2.88. The van der Waals surface area contributed by atoms with Gasteiger partial charge in [0.15, 0.2) is 0 Å². The number of hydrogen-bond acceptors (Lipinski definition) is 4. The Balaban J connectivity index is 1.99. The average molecular weight is 272 g/mol. The summed E-state index contributed by atoms with van der Waals surface area (Å²) >= 11 is 0. The summed E-state index contributed by atoms with van der Waals surface area (Å²) in [6.45, 7) is 0.105. The number of aromatic nitrogens is 1. The number of ether oxygens (including phenoxy) is 1. The first kappa shape index (κ1) is 14.0. The molecule has 0 aliphatic heterocycles. The number of carbonyl (C=O) groups is 1. The third-order valence-corrected chi connectivity index (χ3v) is 2.88. The maximum absolute atomic E-state index is 11.8. The first-order chi connectivity index (χ1) is 9.72. The SMILES string of the molecule is COc1ccccc1C(O)CNC(=O)c1cccnc1. The number of amides is 1. The lowest BCUT2D eigenvalue weighted by atomic mass is 10.1. The number of nitrogens with zero attached hydrogens (tertiary/aromatic N) is 1. The molecule has 1 atom stereocenters. The van der Waals surface area contributed by atoms with Gasteiger partial charge in [-0.05, 0) is 18.2 Å². The van der Waals surface area contributed by atoms with Gasteiger partial charge in [0.2, 0.25) is 0 Å². The van der Waals surface area contributed by atoms with E-state index in [9.17, 15) is 9.90 Å². The zero-order valence-corrected chi connectivity index (χ0v) is 11.1. The van der Waals surface area contributed by atoms with Crippen LogP contribution in [0.1, 0.15) is 22.0 Å². The fourth-order valence-corrected chi connectivity index (χ4v) is 1.84. The van der Waals surface area contributed by atoms with Crippen molar-refractivity contribution in [2.45, 2.75) is 6.10 Å². The van der Waals surface area contributed by atoms with Crippen LogP contribution in [-0.4, -0.2) is 29.7 Å². The highest BCUT2D eigenvalue weighted by Gasteiger charge is 2.14. The van der Waals surface area contributed by atoms with E-state index in [4.69, 9.17) is 4.74 Å². The molecule has 20 heavy (non-hydrogen) atoms. The van der Waals surface area contributed by atoms with Crippen molar-refractivity contribution in [1.29, 1.82) is 0 Å². The lowest BCUT2D eigenvalue weighted by molar-refractivity contribution is 0.0914. The number of pyridine rings is 1. The molecule has 0 spiro atoms. The molecule has 104 valence electrons. The van der Waals surface area contributed by atoms with E-state index in [2.05, 4.69) is 10.3 Å². The summed E-state index contributed by atoms with van der Waals surface area (Å²) in [5.74, 6) is 0.322. The maximum Gasteiger partial charge on any atom is 0.252 e. The predicted octanol–water partition coefficient (Wildman–Crippen LogP) is 1.55. The number of para-hydroxylation sites is 1. The average Bonchev–Trinajstić information content (AvgIpc) is 2.53.